The van der Waals surface area contributed by atoms with E-state index in [1.807, 2.05) is 0 Å². The monoisotopic (exact) mass is 299 g/mol. The highest BCUT2D eigenvalue weighted by atomic mass is 35.5. The number of hydrogen-bond donors (Lipinski definition) is 1. The van der Waals surface area contributed by atoms with Crippen molar-refractivity contribution < 1.29 is 14.6 Å². The van der Waals surface area contributed by atoms with Gasteiger partial charge < -0.3 is 14.6 Å². The van der Waals surface area contributed by atoms with Crippen LogP contribution in [0.2, 0.25) is 5.02 Å². The van der Waals surface area contributed by atoms with E-state index in [0.29, 0.717) is 28.5 Å². The zero-order valence-electron chi connectivity index (χ0n) is 10.6. The van der Waals surface area contributed by atoms with Crippen LogP contribution in [-0.2, 0) is 6.42 Å². The summed E-state index contributed by atoms with van der Waals surface area (Å²) in [6.07, 6.45) is 1.51. The molecule has 1 aromatic heterocycles. The summed E-state index contributed by atoms with van der Waals surface area (Å²) in [4.78, 5) is 4.98. The molecule has 0 aliphatic rings. The minimum Gasteiger partial charge on any atom is -0.493 e. The summed E-state index contributed by atoms with van der Waals surface area (Å²) in [7, 11) is 3.06. The second-order valence-corrected chi connectivity index (χ2v) is 5.24. The fourth-order valence-electron chi connectivity index (χ4n) is 1.81. The van der Waals surface area contributed by atoms with Crippen LogP contribution in [0, 0.1) is 0 Å². The van der Waals surface area contributed by atoms with Gasteiger partial charge in [-0.15, -0.1) is 11.3 Å². The standard InChI is InChI=1S/C13H14ClNO3S/c1-17-11-4-3-9(12(14)13(11)18-2)10(16)5-8-6-15-7-19-8/h3-4,6-7,10,16H,5H2,1-2H3. The Morgan fingerprint density at radius 3 is 2.74 bits per heavy atom. The van der Waals surface area contributed by atoms with E-state index in [0.717, 1.165) is 4.88 Å². The molecule has 1 heterocycles. The molecular formula is C13H14ClNO3S. The molecule has 0 aliphatic heterocycles. The van der Waals surface area contributed by atoms with E-state index in [2.05, 4.69) is 4.98 Å². The Hall–Kier alpha value is -1.30. The molecule has 0 saturated carbocycles. The van der Waals surface area contributed by atoms with Crippen molar-refractivity contribution in [1.29, 1.82) is 0 Å². The number of aromatic nitrogens is 1. The van der Waals surface area contributed by atoms with Gasteiger partial charge in [-0.1, -0.05) is 17.7 Å². The number of nitrogens with zero attached hydrogens (tertiary/aromatic N) is 1. The topological polar surface area (TPSA) is 51.6 Å². The first kappa shape index (κ1) is 14.1. The Bertz CT molecular complexity index is 545. The summed E-state index contributed by atoms with van der Waals surface area (Å²) in [5.74, 6) is 0.978. The van der Waals surface area contributed by atoms with Crippen LogP contribution in [0.15, 0.2) is 23.8 Å². The van der Waals surface area contributed by atoms with E-state index in [9.17, 15) is 5.11 Å². The van der Waals surface area contributed by atoms with Crippen LogP contribution in [0.25, 0.3) is 0 Å². The first-order valence-corrected chi connectivity index (χ1v) is 6.89. The van der Waals surface area contributed by atoms with E-state index >= 15 is 0 Å². The normalized spacial score (nSPS) is 12.2. The van der Waals surface area contributed by atoms with Gasteiger partial charge in [0.25, 0.3) is 0 Å². The SMILES string of the molecule is COc1ccc(C(O)Cc2cncs2)c(Cl)c1OC. The lowest BCUT2D eigenvalue weighted by molar-refractivity contribution is 0.179. The Morgan fingerprint density at radius 2 is 2.16 bits per heavy atom. The quantitative estimate of drug-likeness (QED) is 0.922. The van der Waals surface area contributed by atoms with Crippen LogP contribution < -0.4 is 9.47 Å². The van der Waals surface area contributed by atoms with Crippen molar-refractivity contribution in [3.63, 3.8) is 0 Å². The molecule has 0 radical (unpaired) electrons. The number of ether oxygens (including phenoxy) is 2. The fourth-order valence-corrected chi connectivity index (χ4v) is 2.80. The molecule has 0 saturated heterocycles. The van der Waals surface area contributed by atoms with Gasteiger partial charge in [-0.05, 0) is 6.07 Å². The van der Waals surface area contributed by atoms with Gasteiger partial charge in [-0.2, -0.15) is 0 Å². The van der Waals surface area contributed by atoms with Gasteiger partial charge in [0, 0.05) is 23.1 Å². The molecule has 0 spiro atoms. The average Bonchev–Trinajstić information content (AvgIpc) is 2.90. The fraction of sp³-hybridized carbons (Fsp3) is 0.308. The van der Waals surface area contributed by atoms with E-state index in [-0.39, 0.29) is 0 Å². The predicted molar refractivity (Wildman–Crippen MR) is 75.3 cm³/mol. The highest BCUT2D eigenvalue weighted by molar-refractivity contribution is 7.09. The molecule has 4 nitrogen and oxygen atoms in total. The summed E-state index contributed by atoms with van der Waals surface area (Å²) < 4.78 is 10.4. The van der Waals surface area contributed by atoms with E-state index in [4.69, 9.17) is 21.1 Å². The van der Waals surface area contributed by atoms with Crippen LogP contribution >= 0.6 is 22.9 Å². The number of aliphatic hydroxyl groups is 1. The summed E-state index contributed by atoms with van der Waals surface area (Å²) in [5, 5.41) is 10.6. The summed E-state index contributed by atoms with van der Waals surface area (Å²) in [5.41, 5.74) is 2.35. The molecule has 1 atom stereocenters. The summed E-state index contributed by atoms with van der Waals surface area (Å²) in [6.45, 7) is 0. The van der Waals surface area contributed by atoms with E-state index in [1.54, 1.807) is 30.9 Å². The van der Waals surface area contributed by atoms with Crippen LogP contribution in [0.3, 0.4) is 0 Å². The van der Waals surface area contributed by atoms with Crippen LogP contribution in [0.1, 0.15) is 16.5 Å². The molecule has 2 aromatic rings. The molecule has 19 heavy (non-hydrogen) atoms. The van der Waals surface area contributed by atoms with Gasteiger partial charge in [0.15, 0.2) is 11.5 Å². The average molecular weight is 300 g/mol. The van der Waals surface area contributed by atoms with Gasteiger partial charge in [0.1, 0.15) is 0 Å². The van der Waals surface area contributed by atoms with Gasteiger partial charge in [-0.25, -0.2) is 0 Å². The second-order valence-electron chi connectivity index (χ2n) is 3.89. The maximum Gasteiger partial charge on any atom is 0.179 e. The molecule has 0 fully saturated rings. The molecule has 6 heteroatoms. The minimum atomic E-state index is -0.701. The van der Waals surface area contributed by atoms with Gasteiger partial charge in [0.05, 0.1) is 30.9 Å². The molecular weight excluding hydrogens is 286 g/mol. The lowest BCUT2D eigenvalue weighted by Gasteiger charge is -2.16. The number of thiazole rings is 1. The summed E-state index contributed by atoms with van der Waals surface area (Å²) in [6, 6.07) is 3.48. The lowest BCUT2D eigenvalue weighted by atomic mass is 10.1. The van der Waals surface area contributed by atoms with Crippen molar-refractivity contribution >= 4 is 22.9 Å². The van der Waals surface area contributed by atoms with Crippen molar-refractivity contribution in [2.45, 2.75) is 12.5 Å². The highest BCUT2D eigenvalue weighted by Crippen LogP contribution is 2.40. The number of halogens is 1. The number of methoxy groups -OCH3 is 2. The van der Waals surface area contributed by atoms with Crippen LogP contribution in [0.5, 0.6) is 11.5 Å². The number of benzene rings is 1. The third-order valence-electron chi connectivity index (χ3n) is 2.75. The first-order chi connectivity index (χ1) is 9.17. The molecule has 102 valence electrons. The molecule has 1 unspecified atom stereocenters. The van der Waals surface area contributed by atoms with Crippen molar-refractivity contribution in [1.82, 2.24) is 4.98 Å². The molecule has 0 bridgehead atoms. The van der Waals surface area contributed by atoms with Crippen LogP contribution in [-0.4, -0.2) is 24.3 Å². The third kappa shape index (κ3) is 3.00. The van der Waals surface area contributed by atoms with Crippen molar-refractivity contribution in [2.24, 2.45) is 0 Å². The van der Waals surface area contributed by atoms with Gasteiger partial charge in [0.2, 0.25) is 0 Å². The van der Waals surface area contributed by atoms with Gasteiger partial charge >= 0.3 is 0 Å². The molecule has 2 rings (SSSR count). The van der Waals surface area contributed by atoms with Crippen LogP contribution in [0.4, 0.5) is 0 Å². The van der Waals surface area contributed by atoms with Crippen molar-refractivity contribution in [3.8, 4) is 11.5 Å². The minimum absolute atomic E-state index is 0.374. The largest absolute Gasteiger partial charge is 0.493 e. The molecule has 1 N–H and O–H groups in total. The Kier molecular flexibility index (Phi) is 4.63. The van der Waals surface area contributed by atoms with E-state index < -0.39 is 6.10 Å². The smallest absolute Gasteiger partial charge is 0.179 e. The zero-order valence-corrected chi connectivity index (χ0v) is 12.2. The van der Waals surface area contributed by atoms with Crippen molar-refractivity contribution in [2.75, 3.05) is 14.2 Å². The Morgan fingerprint density at radius 1 is 1.37 bits per heavy atom. The first-order valence-electron chi connectivity index (χ1n) is 5.63. The number of hydrogen-bond acceptors (Lipinski definition) is 5. The predicted octanol–water partition coefficient (Wildman–Crippen LogP) is 3.09. The molecule has 0 aliphatic carbocycles. The zero-order chi connectivity index (χ0) is 13.8. The Balaban J connectivity index is 2.29. The molecule has 0 amide bonds. The third-order valence-corrected chi connectivity index (χ3v) is 3.94. The lowest BCUT2D eigenvalue weighted by Crippen LogP contribution is -2.03. The maximum absolute atomic E-state index is 10.3. The number of rotatable bonds is 5. The number of aliphatic hydroxyl groups excluding tert-OH is 1. The molecule has 1 aromatic carbocycles. The van der Waals surface area contributed by atoms with Gasteiger partial charge in [-0.3, -0.25) is 4.98 Å². The summed E-state index contributed by atoms with van der Waals surface area (Å²) >= 11 is 7.75. The van der Waals surface area contributed by atoms with Crippen molar-refractivity contribution in [3.05, 3.63) is 39.3 Å². The van der Waals surface area contributed by atoms with E-state index in [1.165, 1.54) is 18.4 Å². The Labute approximate surface area is 120 Å². The highest BCUT2D eigenvalue weighted by Gasteiger charge is 2.19. The second kappa shape index (κ2) is 6.23. The maximum atomic E-state index is 10.3.